The maximum Gasteiger partial charge on any atom is 5.00 e. The van der Waals surface area contributed by atoms with E-state index in [2.05, 4.69) is 0 Å². The van der Waals surface area contributed by atoms with Crippen LogP contribution in [0, 0.1) is 0 Å². The molecule has 0 aromatic rings. The Balaban J connectivity index is 0. The Hall–Kier alpha value is 6.23. The van der Waals surface area contributed by atoms with Crippen LogP contribution in [-0.2, 0) is 65.8 Å². The average molecular weight is 954 g/mol. The van der Waals surface area contributed by atoms with Gasteiger partial charge >= 0.3 is 44.8 Å². The van der Waals surface area contributed by atoms with Gasteiger partial charge in [-0.2, -0.15) is 0 Å². The normalized spacial score (nSPS) is 0. The first kappa shape index (κ1) is 296. The molecule has 0 nitrogen and oxygen atoms in total. The maximum atomic E-state index is 0. The first-order valence-corrected chi connectivity index (χ1v) is 0. The molecule has 0 aliphatic heterocycles. The molecule has 0 fully saturated rings. The molecule has 0 aliphatic rings. The number of halogens is 14. The second kappa shape index (κ2) is 258. The molecule has 0 saturated heterocycles. The van der Waals surface area contributed by atoms with Crippen LogP contribution >= 0.6 is 0 Å². The number of hydrogen-bond donors (Lipinski definition) is 0. The van der Waals surface area contributed by atoms with Crippen LogP contribution in [-0.4, -0.2) is 0 Å². The monoisotopic (exact) mass is 947 g/mol. The van der Waals surface area contributed by atoms with Gasteiger partial charge in [-0.25, -0.2) is 0 Å². The topological polar surface area (TPSA) is 0 Å². The van der Waals surface area contributed by atoms with E-state index in [-0.39, 0.29) is 240 Å². The smallest absolute Gasteiger partial charge is 1.00 e. The average Bonchev–Trinajstić information content (AvgIpc) is 0. The Morgan fingerprint density at radius 2 is 0.235 bits per heavy atom. The Kier molecular flexibility index (Phi) is 4490. The van der Waals surface area contributed by atoms with Crippen LogP contribution in [0.4, 0.5) is 0 Å². The molecule has 0 radical (unpaired) electrons. The van der Waals surface area contributed by atoms with Crippen molar-refractivity contribution < 1.29 is 240 Å². The van der Waals surface area contributed by atoms with E-state index in [9.17, 15) is 0 Å². The SMILES string of the molecule is [Cl-].[Cl-].[Cl-].[Cl-].[Cl-].[Cl-].[Cl-].[Cl-].[Cl-].[Cl-].[Cl-].[Cl-].[Cl-].[Cl-].[Nb+5].[Ta+5].[W]. The Morgan fingerprint density at radius 3 is 0.235 bits per heavy atom. The van der Waals surface area contributed by atoms with Gasteiger partial charge in [0.1, 0.15) is 0 Å². The van der Waals surface area contributed by atoms with Gasteiger partial charge in [0.2, 0.25) is 0 Å². The van der Waals surface area contributed by atoms with Gasteiger partial charge in [-0.05, 0) is 0 Å². The van der Waals surface area contributed by atoms with Crippen molar-refractivity contribution in [1.82, 2.24) is 0 Å². The van der Waals surface area contributed by atoms with Crippen LogP contribution < -0.4 is 174 Å². The van der Waals surface area contributed by atoms with E-state index in [1.165, 1.54) is 0 Å². The fourth-order valence-corrected chi connectivity index (χ4v) is 0. The Bertz CT molecular complexity index is 16.2. The molecule has 0 saturated carbocycles. The van der Waals surface area contributed by atoms with Gasteiger partial charge in [-0.3, -0.25) is 0 Å². The quantitative estimate of drug-likeness (QED) is 0.212. The molecule has 0 unspecified atom stereocenters. The van der Waals surface area contributed by atoms with E-state index in [1.807, 2.05) is 0 Å². The standard InChI is InChI=1S/14ClH.Nb.Ta.W/h14*1H;;;/q;;;;;;;;;;;;;;2*+5;/p-14. The first-order valence-electron chi connectivity index (χ1n) is 0. The van der Waals surface area contributed by atoms with Crippen LogP contribution in [0.1, 0.15) is 0 Å². The minimum atomic E-state index is 0. The molecule has 0 aliphatic carbocycles. The van der Waals surface area contributed by atoms with Crippen molar-refractivity contribution >= 4 is 0 Å². The third-order valence-electron chi connectivity index (χ3n) is 0. The zero-order chi connectivity index (χ0) is 0. The second-order valence-electron chi connectivity index (χ2n) is 0. The second-order valence-corrected chi connectivity index (χ2v) is 0. The van der Waals surface area contributed by atoms with Gasteiger partial charge in [-0.15, -0.1) is 0 Å². The van der Waals surface area contributed by atoms with Crippen LogP contribution in [0.5, 0.6) is 0 Å². The predicted octanol–water partition coefficient (Wildman–Crippen LogP) is -42.0. The minimum absolute atomic E-state index is 0. The molecule has 0 atom stereocenters. The Morgan fingerprint density at radius 1 is 0.235 bits per heavy atom. The van der Waals surface area contributed by atoms with Crippen molar-refractivity contribution in [2.24, 2.45) is 0 Å². The van der Waals surface area contributed by atoms with Gasteiger partial charge in [-0.1, -0.05) is 0 Å². The maximum absolute atomic E-state index is 0. The summed E-state index contributed by atoms with van der Waals surface area (Å²) < 4.78 is 0. The van der Waals surface area contributed by atoms with E-state index < -0.39 is 0 Å². The fourth-order valence-electron chi connectivity index (χ4n) is 0. The van der Waals surface area contributed by atoms with Crippen molar-refractivity contribution in [2.75, 3.05) is 0 Å². The molecular formula is Cl14NbTaW-4. The fraction of sp³-hybridized carbons (Fsp3) is 0. The van der Waals surface area contributed by atoms with E-state index in [0.717, 1.165) is 0 Å². The molecule has 0 heterocycles. The summed E-state index contributed by atoms with van der Waals surface area (Å²) in [6.45, 7) is 0. The van der Waals surface area contributed by atoms with E-state index in [1.54, 1.807) is 0 Å². The summed E-state index contributed by atoms with van der Waals surface area (Å²) in [6.07, 6.45) is 0. The van der Waals surface area contributed by atoms with E-state index in [0.29, 0.717) is 0 Å². The molecule has 0 aromatic carbocycles. The molecule has 0 rings (SSSR count). The molecule has 118 valence electrons. The first-order chi connectivity index (χ1) is 0. The molecule has 0 N–H and O–H groups in total. The molecule has 0 bridgehead atoms. The summed E-state index contributed by atoms with van der Waals surface area (Å²) in [6, 6.07) is 0. The van der Waals surface area contributed by atoms with Crippen molar-refractivity contribution in [1.29, 1.82) is 0 Å². The summed E-state index contributed by atoms with van der Waals surface area (Å²) in [5, 5.41) is 0. The largest absolute Gasteiger partial charge is 5.00 e. The predicted molar refractivity (Wildman–Crippen MR) is 0 cm³/mol. The van der Waals surface area contributed by atoms with Gasteiger partial charge in [0, 0.05) is 21.1 Å². The van der Waals surface area contributed by atoms with Crippen LogP contribution in [0.25, 0.3) is 0 Å². The third-order valence-corrected chi connectivity index (χ3v) is 0. The van der Waals surface area contributed by atoms with Gasteiger partial charge in [0.25, 0.3) is 0 Å². The van der Waals surface area contributed by atoms with E-state index >= 15 is 0 Å². The molecule has 0 spiro atoms. The van der Waals surface area contributed by atoms with Crippen molar-refractivity contribution in [3.8, 4) is 0 Å². The zero-order valence-electron chi connectivity index (χ0n) is 6.59. The summed E-state index contributed by atoms with van der Waals surface area (Å²) in [7, 11) is 0. The van der Waals surface area contributed by atoms with Crippen LogP contribution in [0.3, 0.4) is 0 Å². The Labute approximate surface area is 235 Å². The van der Waals surface area contributed by atoms with Gasteiger partial charge < -0.3 is 174 Å². The van der Waals surface area contributed by atoms with Crippen molar-refractivity contribution in [3.05, 3.63) is 0 Å². The molecule has 17 heavy (non-hydrogen) atoms. The summed E-state index contributed by atoms with van der Waals surface area (Å²) in [5.41, 5.74) is 0. The summed E-state index contributed by atoms with van der Waals surface area (Å²) in [4.78, 5) is 0. The number of rotatable bonds is 0. The molecular weight excluding hydrogens is 954 g/mol. The van der Waals surface area contributed by atoms with E-state index in [4.69, 9.17) is 0 Å². The van der Waals surface area contributed by atoms with Crippen LogP contribution in [0.15, 0.2) is 0 Å². The zero-order valence-corrected chi connectivity index (χ0v) is 25.5. The minimum Gasteiger partial charge on any atom is -1.00 e. The number of hydrogen-bond acceptors (Lipinski definition) is 0. The summed E-state index contributed by atoms with van der Waals surface area (Å²) in [5.74, 6) is 0. The van der Waals surface area contributed by atoms with Crippen LogP contribution in [0.2, 0.25) is 0 Å². The van der Waals surface area contributed by atoms with Gasteiger partial charge in [0.15, 0.2) is 0 Å². The molecule has 0 amide bonds. The molecule has 0 aromatic heterocycles. The molecule has 17 heteroatoms. The van der Waals surface area contributed by atoms with Crippen molar-refractivity contribution in [3.63, 3.8) is 0 Å². The third kappa shape index (κ3) is 234. The summed E-state index contributed by atoms with van der Waals surface area (Å²) >= 11 is 0. The van der Waals surface area contributed by atoms with Crippen molar-refractivity contribution in [2.45, 2.75) is 0 Å². The van der Waals surface area contributed by atoms with Gasteiger partial charge in [0.05, 0.1) is 0 Å².